The summed E-state index contributed by atoms with van der Waals surface area (Å²) in [4.78, 5) is 30.1. The first-order valence-corrected chi connectivity index (χ1v) is 8.23. The Morgan fingerprint density at radius 1 is 0.952 bits per heavy atom. The lowest BCUT2D eigenvalue weighted by Gasteiger charge is -2.35. The van der Waals surface area contributed by atoms with Gasteiger partial charge in [-0.1, -0.05) is 13.3 Å². The van der Waals surface area contributed by atoms with E-state index >= 15 is 0 Å². The minimum absolute atomic E-state index is 0.00934. The Hall–Kier alpha value is -1.30. The van der Waals surface area contributed by atoms with E-state index in [1.54, 1.807) is 0 Å². The van der Waals surface area contributed by atoms with Crippen LogP contribution in [0.3, 0.4) is 0 Å². The lowest BCUT2D eigenvalue weighted by molar-refractivity contribution is -0.133. The highest BCUT2D eigenvalue weighted by atomic mass is 16.2. The summed E-state index contributed by atoms with van der Waals surface area (Å²) in [6.45, 7) is 8.09. The largest absolute Gasteiger partial charge is 0.338 e. The van der Waals surface area contributed by atoms with Gasteiger partial charge in [0.25, 0.3) is 0 Å². The van der Waals surface area contributed by atoms with E-state index in [0.717, 1.165) is 32.5 Å². The van der Waals surface area contributed by atoms with Crippen molar-refractivity contribution in [2.75, 3.05) is 52.4 Å². The molecule has 2 rings (SSSR count). The zero-order valence-corrected chi connectivity index (χ0v) is 13.1. The predicted octanol–water partition coefficient (Wildman–Crippen LogP) is 0.736. The molecular formula is C15H28N4O2. The van der Waals surface area contributed by atoms with Crippen molar-refractivity contribution in [3.8, 4) is 0 Å². The summed E-state index contributed by atoms with van der Waals surface area (Å²) in [7, 11) is 0. The summed E-state index contributed by atoms with van der Waals surface area (Å²) in [6.07, 6.45) is 4.51. The lowest BCUT2D eigenvalue weighted by Crippen LogP contribution is -2.54. The van der Waals surface area contributed by atoms with Crippen LogP contribution in [0.2, 0.25) is 0 Å². The van der Waals surface area contributed by atoms with Crippen molar-refractivity contribution in [3.05, 3.63) is 0 Å². The standard InChI is InChI=1S/C15H28N4O2/c1-2-3-6-16-15(21)19-11-9-18(10-12-19)14(20)13-17-7-4-5-8-17/h2-13H2,1H3,(H,16,21). The van der Waals surface area contributed by atoms with Gasteiger partial charge in [-0.2, -0.15) is 0 Å². The summed E-state index contributed by atoms with van der Waals surface area (Å²) >= 11 is 0. The predicted molar refractivity (Wildman–Crippen MR) is 82.1 cm³/mol. The zero-order chi connectivity index (χ0) is 15.1. The van der Waals surface area contributed by atoms with E-state index in [9.17, 15) is 9.59 Å². The summed E-state index contributed by atoms with van der Waals surface area (Å²) in [5.74, 6) is 0.211. The molecule has 0 aliphatic carbocycles. The van der Waals surface area contributed by atoms with Crippen molar-refractivity contribution in [2.45, 2.75) is 32.6 Å². The summed E-state index contributed by atoms with van der Waals surface area (Å²) in [5, 5.41) is 2.93. The third-order valence-corrected chi connectivity index (χ3v) is 4.28. The van der Waals surface area contributed by atoms with Crippen molar-refractivity contribution in [3.63, 3.8) is 0 Å². The van der Waals surface area contributed by atoms with Crippen LogP contribution in [-0.4, -0.2) is 79.0 Å². The fraction of sp³-hybridized carbons (Fsp3) is 0.867. The van der Waals surface area contributed by atoms with Crippen LogP contribution >= 0.6 is 0 Å². The van der Waals surface area contributed by atoms with Gasteiger partial charge in [-0.15, -0.1) is 0 Å². The second-order valence-electron chi connectivity index (χ2n) is 5.94. The molecule has 2 saturated heterocycles. The maximum atomic E-state index is 12.2. The smallest absolute Gasteiger partial charge is 0.317 e. The Kier molecular flexibility index (Phi) is 6.29. The molecule has 21 heavy (non-hydrogen) atoms. The second kappa shape index (κ2) is 8.22. The Morgan fingerprint density at radius 3 is 2.19 bits per heavy atom. The molecule has 2 fully saturated rings. The molecule has 3 amide bonds. The van der Waals surface area contributed by atoms with E-state index < -0.39 is 0 Å². The molecule has 2 aliphatic rings. The van der Waals surface area contributed by atoms with Crippen LogP contribution in [0.5, 0.6) is 0 Å². The quantitative estimate of drug-likeness (QED) is 0.761. The minimum Gasteiger partial charge on any atom is -0.338 e. The third-order valence-electron chi connectivity index (χ3n) is 4.28. The monoisotopic (exact) mass is 296 g/mol. The number of nitrogens with one attached hydrogen (secondary N) is 1. The van der Waals surface area contributed by atoms with E-state index in [2.05, 4.69) is 17.1 Å². The van der Waals surface area contributed by atoms with Crippen molar-refractivity contribution >= 4 is 11.9 Å². The van der Waals surface area contributed by atoms with E-state index in [-0.39, 0.29) is 11.9 Å². The van der Waals surface area contributed by atoms with Crippen molar-refractivity contribution in [2.24, 2.45) is 0 Å². The molecule has 6 nitrogen and oxygen atoms in total. The number of likely N-dealkylation sites (tertiary alicyclic amines) is 1. The number of nitrogens with zero attached hydrogens (tertiary/aromatic N) is 3. The molecule has 0 spiro atoms. The lowest BCUT2D eigenvalue weighted by atomic mass is 10.3. The maximum Gasteiger partial charge on any atom is 0.317 e. The summed E-state index contributed by atoms with van der Waals surface area (Å²) < 4.78 is 0. The van der Waals surface area contributed by atoms with Gasteiger partial charge >= 0.3 is 6.03 Å². The van der Waals surface area contributed by atoms with Gasteiger partial charge in [-0.05, 0) is 32.4 Å². The molecule has 1 N–H and O–H groups in total. The van der Waals surface area contributed by atoms with Crippen molar-refractivity contribution in [1.29, 1.82) is 0 Å². The number of unbranched alkanes of at least 4 members (excludes halogenated alkanes) is 1. The molecule has 0 saturated carbocycles. The second-order valence-corrected chi connectivity index (χ2v) is 5.94. The molecule has 0 unspecified atom stereocenters. The first-order chi connectivity index (χ1) is 10.2. The Morgan fingerprint density at radius 2 is 1.57 bits per heavy atom. The van der Waals surface area contributed by atoms with Gasteiger partial charge in [0.2, 0.25) is 5.91 Å². The fourth-order valence-corrected chi connectivity index (χ4v) is 2.87. The number of piperazine rings is 1. The molecule has 0 aromatic carbocycles. The Balaban J connectivity index is 1.67. The van der Waals surface area contributed by atoms with Crippen molar-refractivity contribution < 1.29 is 9.59 Å². The zero-order valence-electron chi connectivity index (χ0n) is 13.1. The van der Waals surface area contributed by atoms with Gasteiger partial charge in [-0.3, -0.25) is 9.69 Å². The van der Waals surface area contributed by atoms with Crippen molar-refractivity contribution in [1.82, 2.24) is 20.0 Å². The molecule has 0 aromatic heterocycles. The molecule has 2 heterocycles. The van der Waals surface area contributed by atoms with Gasteiger partial charge in [-0.25, -0.2) is 4.79 Å². The highest BCUT2D eigenvalue weighted by molar-refractivity contribution is 5.79. The Labute approximate surface area is 127 Å². The number of amides is 3. The van der Waals surface area contributed by atoms with E-state index in [4.69, 9.17) is 0 Å². The summed E-state index contributed by atoms with van der Waals surface area (Å²) in [6, 6.07) is 0.00934. The number of rotatable bonds is 5. The van der Waals surface area contributed by atoms with Gasteiger partial charge in [0.15, 0.2) is 0 Å². The van der Waals surface area contributed by atoms with Crippen LogP contribution in [0, 0.1) is 0 Å². The van der Waals surface area contributed by atoms with E-state index in [1.165, 1.54) is 12.8 Å². The molecule has 0 radical (unpaired) electrons. The molecule has 2 aliphatic heterocycles. The minimum atomic E-state index is 0.00934. The first kappa shape index (κ1) is 16.1. The fourth-order valence-electron chi connectivity index (χ4n) is 2.87. The molecular weight excluding hydrogens is 268 g/mol. The molecule has 0 atom stereocenters. The Bertz CT molecular complexity index is 348. The van der Waals surface area contributed by atoms with E-state index in [0.29, 0.717) is 32.7 Å². The van der Waals surface area contributed by atoms with Gasteiger partial charge in [0, 0.05) is 32.7 Å². The normalized spacial score (nSPS) is 19.9. The van der Waals surface area contributed by atoms with Gasteiger partial charge in [0.05, 0.1) is 6.54 Å². The van der Waals surface area contributed by atoms with Crippen LogP contribution in [0.15, 0.2) is 0 Å². The third kappa shape index (κ3) is 4.88. The van der Waals surface area contributed by atoms with Crippen LogP contribution in [-0.2, 0) is 4.79 Å². The van der Waals surface area contributed by atoms with E-state index in [1.807, 2.05) is 9.80 Å². The van der Waals surface area contributed by atoms with Gasteiger partial charge < -0.3 is 15.1 Å². The molecule has 6 heteroatoms. The van der Waals surface area contributed by atoms with Gasteiger partial charge in [0.1, 0.15) is 0 Å². The number of hydrogen-bond acceptors (Lipinski definition) is 3. The topological polar surface area (TPSA) is 55.9 Å². The first-order valence-electron chi connectivity index (χ1n) is 8.23. The number of carbonyl (C=O) groups is 2. The maximum absolute atomic E-state index is 12.2. The highest BCUT2D eigenvalue weighted by Crippen LogP contribution is 2.09. The summed E-state index contributed by atoms with van der Waals surface area (Å²) in [5.41, 5.74) is 0. The van der Waals surface area contributed by atoms with Crippen LogP contribution in [0.1, 0.15) is 32.6 Å². The van der Waals surface area contributed by atoms with Crippen LogP contribution in [0.25, 0.3) is 0 Å². The molecule has 120 valence electrons. The average molecular weight is 296 g/mol. The number of urea groups is 1. The average Bonchev–Trinajstić information content (AvgIpc) is 3.00. The number of hydrogen-bond donors (Lipinski definition) is 1. The SMILES string of the molecule is CCCCNC(=O)N1CCN(C(=O)CN2CCCC2)CC1. The van der Waals surface area contributed by atoms with Crippen LogP contribution in [0.4, 0.5) is 4.79 Å². The van der Waals surface area contributed by atoms with Crippen LogP contribution < -0.4 is 5.32 Å². The molecule has 0 aromatic rings. The number of carbonyl (C=O) groups excluding carboxylic acids is 2. The molecule has 0 bridgehead atoms. The highest BCUT2D eigenvalue weighted by Gasteiger charge is 2.25.